The van der Waals surface area contributed by atoms with E-state index in [4.69, 9.17) is 5.73 Å². The molecule has 106 valence electrons. The first kappa shape index (κ1) is 14.6. The first-order chi connectivity index (χ1) is 8.85. The summed E-state index contributed by atoms with van der Waals surface area (Å²) in [5.74, 6) is 0.756. The highest BCUT2D eigenvalue weighted by atomic mass is 32.2. The smallest absolute Gasteiger partial charge is 0.394 e. The molecule has 0 bridgehead atoms. The topological polar surface area (TPSA) is 59.1 Å². The molecule has 0 saturated heterocycles. The molecule has 0 spiro atoms. The van der Waals surface area contributed by atoms with Gasteiger partial charge in [0, 0.05) is 11.9 Å². The Hall–Kier alpha value is -0.790. The Kier molecular flexibility index (Phi) is 4.08. The van der Waals surface area contributed by atoms with Crippen LogP contribution in [0.2, 0.25) is 0 Å². The molecule has 2 rings (SSSR count). The molecule has 1 aromatic heterocycles. The zero-order chi connectivity index (χ0) is 14.1. The molecule has 1 aliphatic carbocycles. The average Bonchev–Trinajstić information content (AvgIpc) is 3.20. The lowest BCUT2D eigenvalue weighted by Gasteiger charge is -2.26. The van der Waals surface area contributed by atoms with E-state index in [-0.39, 0.29) is 6.61 Å². The van der Waals surface area contributed by atoms with Crippen LogP contribution in [0.4, 0.5) is 13.2 Å². The Morgan fingerprint density at radius 2 is 2.05 bits per heavy atom. The van der Waals surface area contributed by atoms with E-state index in [1.54, 1.807) is 0 Å². The van der Waals surface area contributed by atoms with Crippen molar-refractivity contribution in [3.8, 4) is 0 Å². The van der Waals surface area contributed by atoms with Crippen molar-refractivity contribution in [3.63, 3.8) is 0 Å². The summed E-state index contributed by atoms with van der Waals surface area (Å²) in [5.41, 5.74) is 4.65. The maximum Gasteiger partial charge on any atom is 0.417 e. The highest BCUT2D eigenvalue weighted by Crippen LogP contribution is 2.40. The zero-order valence-electron chi connectivity index (χ0n) is 10.2. The summed E-state index contributed by atoms with van der Waals surface area (Å²) in [7, 11) is 0. The molecule has 0 amide bonds. The number of halogens is 3. The maximum atomic E-state index is 12.4. The van der Waals surface area contributed by atoms with Crippen LogP contribution < -0.4 is 5.73 Å². The second-order valence-corrected chi connectivity index (χ2v) is 5.83. The van der Waals surface area contributed by atoms with E-state index >= 15 is 0 Å². The zero-order valence-corrected chi connectivity index (χ0v) is 11.0. The molecule has 3 nitrogen and oxygen atoms in total. The number of aliphatic hydroxyl groups is 1. The Morgan fingerprint density at radius 3 is 2.47 bits per heavy atom. The fraction of sp³-hybridized carbons (Fsp3) is 0.583. The van der Waals surface area contributed by atoms with E-state index in [2.05, 4.69) is 4.98 Å². The summed E-state index contributed by atoms with van der Waals surface area (Å²) in [5, 5.41) is 9.80. The summed E-state index contributed by atoms with van der Waals surface area (Å²) >= 11 is 1.28. The quantitative estimate of drug-likeness (QED) is 0.818. The Morgan fingerprint density at radius 1 is 1.37 bits per heavy atom. The molecule has 1 saturated carbocycles. The predicted molar refractivity (Wildman–Crippen MR) is 66.7 cm³/mol. The Bertz CT molecular complexity index is 434. The SMILES string of the molecule is NC(CO)(CSc1ccc(C(F)(F)F)cn1)C1CC1. The van der Waals surface area contributed by atoms with Crippen molar-refractivity contribution in [2.24, 2.45) is 11.7 Å². The van der Waals surface area contributed by atoms with Gasteiger partial charge in [0.05, 0.1) is 22.7 Å². The highest BCUT2D eigenvalue weighted by molar-refractivity contribution is 7.99. The van der Waals surface area contributed by atoms with Crippen molar-refractivity contribution in [1.82, 2.24) is 4.98 Å². The van der Waals surface area contributed by atoms with Crippen LogP contribution in [-0.2, 0) is 6.18 Å². The lowest BCUT2D eigenvalue weighted by atomic mass is 9.99. The van der Waals surface area contributed by atoms with Crippen LogP contribution in [0.3, 0.4) is 0 Å². The van der Waals surface area contributed by atoms with Crippen LogP contribution in [0.15, 0.2) is 23.4 Å². The van der Waals surface area contributed by atoms with Crippen LogP contribution >= 0.6 is 11.8 Å². The molecule has 3 N–H and O–H groups in total. The van der Waals surface area contributed by atoms with Crippen molar-refractivity contribution in [2.75, 3.05) is 12.4 Å². The number of aromatic nitrogens is 1. The van der Waals surface area contributed by atoms with Gasteiger partial charge < -0.3 is 10.8 Å². The number of nitrogens with zero attached hydrogens (tertiary/aromatic N) is 1. The second kappa shape index (κ2) is 5.30. The first-order valence-corrected chi connectivity index (χ1v) is 6.89. The summed E-state index contributed by atoms with van der Waals surface area (Å²) in [6, 6.07) is 2.34. The number of pyridine rings is 1. The average molecular weight is 292 g/mol. The summed E-state index contributed by atoms with van der Waals surface area (Å²) in [6.07, 6.45) is -1.56. The van der Waals surface area contributed by atoms with Crippen LogP contribution in [0.25, 0.3) is 0 Å². The molecule has 1 unspecified atom stereocenters. The number of nitrogens with two attached hydrogens (primary N) is 1. The number of aliphatic hydroxyl groups excluding tert-OH is 1. The third kappa shape index (κ3) is 3.61. The Balaban J connectivity index is 1.96. The number of rotatable bonds is 5. The van der Waals surface area contributed by atoms with Crippen LogP contribution in [0.1, 0.15) is 18.4 Å². The van der Waals surface area contributed by atoms with Gasteiger partial charge in [-0.1, -0.05) is 0 Å². The van der Waals surface area contributed by atoms with Gasteiger partial charge in [0.25, 0.3) is 0 Å². The maximum absolute atomic E-state index is 12.4. The third-order valence-electron chi connectivity index (χ3n) is 3.24. The lowest BCUT2D eigenvalue weighted by molar-refractivity contribution is -0.137. The minimum atomic E-state index is -4.37. The van der Waals surface area contributed by atoms with E-state index in [0.29, 0.717) is 16.7 Å². The van der Waals surface area contributed by atoms with Crippen LogP contribution in [-0.4, -0.2) is 28.0 Å². The molecule has 1 heterocycles. The van der Waals surface area contributed by atoms with E-state index in [0.717, 1.165) is 25.1 Å². The molecular formula is C12H15F3N2OS. The van der Waals surface area contributed by atoms with Gasteiger partial charge in [-0.2, -0.15) is 13.2 Å². The van der Waals surface area contributed by atoms with Gasteiger partial charge in [-0.15, -0.1) is 11.8 Å². The number of thioether (sulfide) groups is 1. The van der Waals surface area contributed by atoms with Gasteiger partial charge in [-0.05, 0) is 30.9 Å². The molecule has 0 aromatic carbocycles. The molecule has 19 heavy (non-hydrogen) atoms. The number of hydrogen-bond donors (Lipinski definition) is 2. The van der Waals surface area contributed by atoms with Crippen LogP contribution in [0.5, 0.6) is 0 Å². The van der Waals surface area contributed by atoms with E-state index < -0.39 is 17.3 Å². The minimum absolute atomic E-state index is 0.120. The van der Waals surface area contributed by atoms with Crippen molar-refractivity contribution < 1.29 is 18.3 Å². The molecule has 7 heteroatoms. The van der Waals surface area contributed by atoms with Crippen molar-refractivity contribution in [2.45, 2.75) is 29.6 Å². The molecule has 0 radical (unpaired) electrons. The fourth-order valence-electron chi connectivity index (χ4n) is 1.79. The summed E-state index contributed by atoms with van der Waals surface area (Å²) < 4.78 is 37.1. The molecule has 1 aromatic rings. The van der Waals surface area contributed by atoms with E-state index in [1.165, 1.54) is 17.8 Å². The molecule has 0 aliphatic heterocycles. The predicted octanol–water partition coefficient (Wildman–Crippen LogP) is 2.29. The van der Waals surface area contributed by atoms with Gasteiger partial charge in [0.15, 0.2) is 0 Å². The van der Waals surface area contributed by atoms with Gasteiger partial charge in [-0.3, -0.25) is 0 Å². The fourth-order valence-corrected chi connectivity index (χ4v) is 2.83. The highest BCUT2D eigenvalue weighted by Gasteiger charge is 2.41. The van der Waals surface area contributed by atoms with E-state index in [9.17, 15) is 18.3 Å². The summed E-state index contributed by atoms with van der Waals surface area (Å²) in [4.78, 5) is 3.77. The molecular weight excluding hydrogens is 277 g/mol. The van der Waals surface area contributed by atoms with Gasteiger partial charge in [-0.25, -0.2) is 4.98 Å². The third-order valence-corrected chi connectivity index (χ3v) is 4.46. The van der Waals surface area contributed by atoms with Gasteiger partial charge in [0.2, 0.25) is 0 Å². The monoisotopic (exact) mass is 292 g/mol. The van der Waals surface area contributed by atoms with E-state index in [1.807, 2.05) is 0 Å². The largest absolute Gasteiger partial charge is 0.417 e. The number of hydrogen-bond acceptors (Lipinski definition) is 4. The van der Waals surface area contributed by atoms with Crippen LogP contribution in [0, 0.1) is 5.92 Å². The molecule has 1 atom stereocenters. The van der Waals surface area contributed by atoms with Gasteiger partial charge >= 0.3 is 6.18 Å². The normalized spacial score (nSPS) is 19.2. The molecule has 1 aliphatic rings. The standard InChI is InChI=1S/C12H15F3N2OS/c13-12(14,15)9-3-4-10(17-5-9)19-7-11(16,6-18)8-1-2-8/h3-5,8,18H,1-2,6-7,16H2. The number of alkyl halides is 3. The molecule has 1 fully saturated rings. The summed E-state index contributed by atoms with van der Waals surface area (Å²) in [6.45, 7) is -0.120. The van der Waals surface area contributed by atoms with Gasteiger partial charge in [0.1, 0.15) is 0 Å². The Labute approximate surface area is 113 Å². The first-order valence-electron chi connectivity index (χ1n) is 5.91. The lowest BCUT2D eigenvalue weighted by Crippen LogP contribution is -2.48. The van der Waals surface area contributed by atoms with Crippen molar-refractivity contribution in [1.29, 1.82) is 0 Å². The van der Waals surface area contributed by atoms with Crippen molar-refractivity contribution >= 4 is 11.8 Å². The second-order valence-electron chi connectivity index (χ2n) is 4.84. The van der Waals surface area contributed by atoms with Crippen molar-refractivity contribution in [3.05, 3.63) is 23.9 Å². The minimum Gasteiger partial charge on any atom is -0.394 e.